The summed E-state index contributed by atoms with van der Waals surface area (Å²) in [6, 6.07) is 14.7. The summed E-state index contributed by atoms with van der Waals surface area (Å²) in [5, 5.41) is 3.54. The van der Waals surface area contributed by atoms with E-state index in [9.17, 15) is 0 Å². The lowest BCUT2D eigenvalue weighted by atomic mass is 10.0. The molecule has 1 aromatic carbocycles. The lowest BCUT2D eigenvalue weighted by molar-refractivity contribution is 0.413. The molecule has 1 N–H and O–H groups in total. The van der Waals surface area contributed by atoms with Gasteiger partial charge < -0.3 is 10.1 Å². The van der Waals surface area contributed by atoms with E-state index in [1.54, 1.807) is 7.11 Å². The molecule has 1 aromatic heterocycles. The number of ether oxygens (including phenoxy) is 1. The van der Waals surface area contributed by atoms with Crippen molar-refractivity contribution in [3.63, 3.8) is 0 Å². The van der Waals surface area contributed by atoms with Crippen molar-refractivity contribution in [3.8, 4) is 5.75 Å². The normalized spacial score (nSPS) is 12.1. The average Bonchev–Trinajstić information content (AvgIpc) is 2.49. The van der Waals surface area contributed by atoms with Crippen molar-refractivity contribution in [2.24, 2.45) is 0 Å². The second-order valence-corrected chi connectivity index (χ2v) is 4.84. The topological polar surface area (TPSA) is 34.1 Å². The molecule has 3 nitrogen and oxygen atoms in total. The number of rotatable bonds is 7. The summed E-state index contributed by atoms with van der Waals surface area (Å²) in [4.78, 5) is 4.41. The van der Waals surface area contributed by atoms with E-state index in [1.807, 2.05) is 30.5 Å². The maximum Gasteiger partial charge on any atom is 0.119 e. The SMILES string of the molecule is CCNC(Cc1cccc(OC)c1)Cc1ccccn1. The van der Waals surface area contributed by atoms with Crippen LogP contribution in [0, 0.1) is 0 Å². The van der Waals surface area contributed by atoms with E-state index < -0.39 is 0 Å². The molecule has 0 saturated heterocycles. The number of likely N-dealkylation sites (N-methyl/N-ethyl adjacent to an activating group) is 1. The minimum absolute atomic E-state index is 0.391. The molecule has 0 aliphatic carbocycles. The van der Waals surface area contributed by atoms with Crippen LogP contribution in [0.1, 0.15) is 18.2 Å². The van der Waals surface area contributed by atoms with Crippen molar-refractivity contribution in [2.45, 2.75) is 25.8 Å². The number of hydrogen-bond acceptors (Lipinski definition) is 3. The van der Waals surface area contributed by atoms with E-state index >= 15 is 0 Å². The molecule has 2 aromatic rings. The second kappa shape index (κ2) is 7.65. The van der Waals surface area contributed by atoms with Gasteiger partial charge in [0.2, 0.25) is 0 Å². The largest absolute Gasteiger partial charge is 0.497 e. The van der Waals surface area contributed by atoms with Gasteiger partial charge in [-0.2, -0.15) is 0 Å². The van der Waals surface area contributed by atoms with Crippen LogP contribution in [0.4, 0.5) is 0 Å². The Bertz CT molecular complexity index is 513. The van der Waals surface area contributed by atoms with E-state index in [0.29, 0.717) is 6.04 Å². The smallest absolute Gasteiger partial charge is 0.119 e. The second-order valence-electron chi connectivity index (χ2n) is 4.84. The van der Waals surface area contributed by atoms with Gasteiger partial charge in [0, 0.05) is 24.4 Å². The highest BCUT2D eigenvalue weighted by Gasteiger charge is 2.10. The maximum atomic E-state index is 5.28. The van der Waals surface area contributed by atoms with Gasteiger partial charge in [-0.3, -0.25) is 4.98 Å². The zero-order valence-corrected chi connectivity index (χ0v) is 12.2. The van der Waals surface area contributed by atoms with Crippen LogP contribution in [0.3, 0.4) is 0 Å². The van der Waals surface area contributed by atoms with Gasteiger partial charge in [0.1, 0.15) is 5.75 Å². The summed E-state index contributed by atoms with van der Waals surface area (Å²) in [5.41, 5.74) is 2.41. The third-order valence-electron chi connectivity index (χ3n) is 3.29. The van der Waals surface area contributed by atoms with Crippen molar-refractivity contribution >= 4 is 0 Å². The van der Waals surface area contributed by atoms with Crippen LogP contribution >= 0.6 is 0 Å². The minimum Gasteiger partial charge on any atom is -0.497 e. The lowest BCUT2D eigenvalue weighted by Crippen LogP contribution is -2.33. The molecule has 0 fully saturated rings. The van der Waals surface area contributed by atoms with Gasteiger partial charge in [-0.15, -0.1) is 0 Å². The van der Waals surface area contributed by atoms with Gasteiger partial charge in [0.15, 0.2) is 0 Å². The minimum atomic E-state index is 0.391. The van der Waals surface area contributed by atoms with E-state index in [1.165, 1.54) is 5.56 Å². The summed E-state index contributed by atoms with van der Waals surface area (Å²) in [6.45, 7) is 3.10. The predicted molar refractivity (Wildman–Crippen MR) is 82.1 cm³/mol. The number of hydrogen-bond donors (Lipinski definition) is 1. The first kappa shape index (κ1) is 14.5. The first-order valence-electron chi connectivity index (χ1n) is 7.08. The van der Waals surface area contributed by atoms with E-state index in [0.717, 1.165) is 30.8 Å². The summed E-state index contributed by atoms with van der Waals surface area (Å²) in [6.07, 6.45) is 3.76. The van der Waals surface area contributed by atoms with Gasteiger partial charge in [0.25, 0.3) is 0 Å². The highest BCUT2D eigenvalue weighted by atomic mass is 16.5. The summed E-state index contributed by atoms with van der Waals surface area (Å²) in [5.74, 6) is 0.913. The fourth-order valence-corrected chi connectivity index (χ4v) is 2.36. The van der Waals surface area contributed by atoms with Crippen LogP contribution in [0.15, 0.2) is 48.7 Å². The number of aromatic nitrogens is 1. The number of pyridine rings is 1. The van der Waals surface area contributed by atoms with Gasteiger partial charge in [-0.05, 0) is 42.8 Å². The Morgan fingerprint density at radius 1 is 1.15 bits per heavy atom. The Hall–Kier alpha value is -1.87. The zero-order valence-electron chi connectivity index (χ0n) is 12.2. The standard InChI is InChI=1S/C17H22N2O/c1-3-18-16(13-15-8-4-5-10-19-15)11-14-7-6-9-17(12-14)20-2/h4-10,12,16,18H,3,11,13H2,1-2H3. The Kier molecular flexibility index (Phi) is 5.56. The summed E-state index contributed by atoms with van der Waals surface area (Å²) >= 11 is 0. The monoisotopic (exact) mass is 270 g/mol. The number of benzene rings is 1. The summed E-state index contributed by atoms with van der Waals surface area (Å²) < 4.78 is 5.28. The highest BCUT2D eigenvalue weighted by Crippen LogP contribution is 2.15. The van der Waals surface area contributed by atoms with Crippen molar-refractivity contribution in [1.29, 1.82) is 0 Å². The quantitative estimate of drug-likeness (QED) is 0.840. The van der Waals surface area contributed by atoms with Crippen LogP contribution in [0.5, 0.6) is 5.75 Å². The summed E-state index contributed by atoms with van der Waals surface area (Å²) in [7, 11) is 1.70. The van der Waals surface area contributed by atoms with Crippen LogP contribution in [-0.2, 0) is 12.8 Å². The van der Waals surface area contributed by atoms with Gasteiger partial charge in [-0.25, -0.2) is 0 Å². The molecule has 0 saturated carbocycles. The van der Waals surface area contributed by atoms with E-state index in [-0.39, 0.29) is 0 Å². The van der Waals surface area contributed by atoms with Crippen LogP contribution in [-0.4, -0.2) is 24.7 Å². The molecule has 0 radical (unpaired) electrons. The molecule has 0 spiro atoms. The molecule has 0 amide bonds. The van der Waals surface area contributed by atoms with Crippen molar-refractivity contribution in [3.05, 3.63) is 59.9 Å². The first-order chi connectivity index (χ1) is 9.81. The predicted octanol–water partition coefficient (Wildman–Crippen LogP) is 2.85. The molecule has 0 bridgehead atoms. The zero-order chi connectivity index (χ0) is 14.2. The molecular weight excluding hydrogens is 248 g/mol. The highest BCUT2D eigenvalue weighted by molar-refractivity contribution is 5.29. The Morgan fingerprint density at radius 3 is 2.75 bits per heavy atom. The van der Waals surface area contributed by atoms with E-state index in [2.05, 4.69) is 35.4 Å². The molecule has 0 aliphatic heterocycles. The van der Waals surface area contributed by atoms with Gasteiger partial charge in [-0.1, -0.05) is 25.1 Å². The number of nitrogens with zero attached hydrogens (tertiary/aromatic N) is 1. The third kappa shape index (κ3) is 4.35. The van der Waals surface area contributed by atoms with Crippen molar-refractivity contribution in [2.75, 3.05) is 13.7 Å². The molecule has 1 heterocycles. The Labute approximate surface area is 121 Å². The fourth-order valence-electron chi connectivity index (χ4n) is 2.36. The average molecular weight is 270 g/mol. The molecule has 3 heteroatoms. The fraction of sp³-hybridized carbons (Fsp3) is 0.353. The molecule has 0 aliphatic rings. The van der Waals surface area contributed by atoms with Gasteiger partial charge in [0.05, 0.1) is 7.11 Å². The van der Waals surface area contributed by atoms with Gasteiger partial charge >= 0.3 is 0 Å². The first-order valence-corrected chi connectivity index (χ1v) is 7.08. The van der Waals surface area contributed by atoms with Crippen LogP contribution in [0.25, 0.3) is 0 Å². The Morgan fingerprint density at radius 2 is 2.05 bits per heavy atom. The van der Waals surface area contributed by atoms with Crippen LogP contribution in [0.2, 0.25) is 0 Å². The molecule has 1 atom stereocenters. The molecular formula is C17H22N2O. The molecule has 20 heavy (non-hydrogen) atoms. The molecule has 1 unspecified atom stereocenters. The Balaban J connectivity index is 2.04. The third-order valence-corrected chi connectivity index (χ3v) is 3.29. The molecule has 106 valence electrons. The number of nitrogens with one attached hydrogen (secondary N) is 1. The van der Waals surface area contributed by atoms with E-state index in [4.69, 9.17) is 4.74 Å². The molecule has 2 rings (SSSR count). The lowest BCUT2D eigenvalue weighted by Gasteiger charge is -2.18. The van der Waals surface area contributed by atoms with Crippen molar-refractivity contribution in [1.82, 2.24) is 10.3 Å². The maximum absolute atomic E-state index is 5.28. The van der Waals surface area contributed by atoms with Crippen molar-refractivity contribution < 1.29 is 4.74 Å². The van der Waals surface area contributed by atoms with Crippen LogP contribution < -0.4 is 10.1 Å². The number of methoxy groups -OCH3 is 1.